The maximum absolute atomic E-state index is 13.6. The Hall–Kier alpha value is -2.56. The molecule has 2 aliphatic rings. The first kappa shape index (κ1) is 32.0. The average molecular weight is 581 g/mol. The normalized spacial score (nSPS) is 20.5. The number of carbonyl (C=O) groups excluding carboxylic acids is 3. The van der Waals surface area contributed by atoms with E-state index in [1.165, 1.54) is 5.56 Å². The molecule has 1 aromatic carbocycles. The van der Waals surface area contributed by atoms with Crippen LogP contribution in [-0.4, -0.2) is 92.2 Å². The average Bonchev–Trinajstić information content (AvgIpc) is 2.87. The number of rotatable bonds is 9. The van der Waals surface area contributed by atoms with Crippen LogP contribution in [0.5, 0.6) is 0 Å². The number of piperidine rings is 1. The molecule has 0 spiro atoms. The number of morpholine rings is 1. The maximum atomic E-state index is 13.6. The van der Waals surface area contributed by atoms with E-state index < -0.39 is 24.0 Å². The summed E-state index contributed by atoms with van der Waals surface area (Å²) in [5.74, 6) is 0.00714. The molecule has 2 saturated heterocycles. The number of benzene rings is 1. The summed E-state index contributed by atoms with van der Waals surface area (Å²) in [7, 11) is 0. The minimum atomic E-state index is -1.34. The number of ether oxygens (including phenoxy) is 3. The zero-order valence-corrected chi connectivity index (χ0v) is 25.4. The number of amides is 3. The van der Waals surface area contributed by atoms with Crippen LogP contribution in [-0.2, 0) is 19.0 Å². The van der Waals surface area contributed by atoms with Gasteiger partial charge in [0.1, 0.15) is 12.6 Å². The van der Waals surface area contributed by atoms with Crippen LogP contribution in [0.1, 0.15) is 59.4 Å². The summed E-state index contributed by atoms with van der Waals surface area (Å²) < 4.78 is 15.8. The Labute approximate surface area is 243 Å². The highest BCUT2D eigenvalue weighted by molar-refractivity contribution is 6.30. The second kappa shape index (κ2) is 13.9. The highest BCUT2D eigenvalue weighted by Crippen LogP contribution is 2.42. The van der Waals surface area contributed by atoms with Gasteiger partial charge in [-0.05, 0) is 55.2 Å². The summed E-state index contributed by atoms with van der Waals surface area (Å²) in [6, 6.07) is 6.57. The fourth-order valence-corrected chi connectivity index (χ4v) is 5.49. The first-order chi connectivity index (χ1) is 18.8. The Balaban J connectivity index is 1.51. The van der Waals surface area contributed by atoms with Crippen molar-refractivity contribution in [2.24, 2.45) is 11.3 Å². The summed E-state index contributed by atoms with van der Waals surface area (Å²) >= 11 is 6.08. The number of likely N-dealkylation sites (tertiary alicyclic amines) is 1. The largest absolute Gasteiger partial charge is 0.510 e. The van der Waals surface area contributed by atoms with Crippen molar-refractivity contribution in [3.8, 4) is 0 Å². The zero-order valence-electron chi connectivity index (χ0n) is 24.6. The van der Waals surface area contributed by atoms with Gasteiger partial charge in [0.2, 0.25) is 5.91 Å². The first-order valence-electron chi connectivity index (χ1n) is 14.1. The molecule has 0 aromatic heterocycles. The predicted octanol–water partition coefficient (Wildman–Crippen LogP) is 4.23. The molecule has 2 atom stereocenters. The van der Waals surface area contributed by atoms with E-state index in [-0.39, 0.29) is 29.8 Å². The second-order valence-corrected chi connectivity index (χ2v) is 12.6. The Kier molecular flexibility index (Phi) is 11.1. The molecule has 3 rings (SSSR count). The summed E-state index contributed by atoms with van der Waals surface area (Å²) in [5, 5.41) is 6.14. The van der Waals surface area contributed by atoms with E-state index in [1.807, 2.05) is 30.9 Å². The number of halogens is 1. The van der Waals surface area contributed by atoms with Gasteiger partial charge in [-0.25, -0.2) is 9.59 Å². The fourth-order valence-electron chi connectivity index (χ4n) is 5.37. The Morgan fingerprint density at radius 3 is 2.38 bits per heavy atom. The lowest BCUT2D eigenvalue weighted by Gasteiger charge is -2.45. The third-order valence-corrected chi connectivity index (χ3v) is 7.77. The zero-order chi connectivity index (χ0) is 29.5. The van der Waals surface area contributed by atoms with Gasteiger partial charge in [-0.15, -0.1) is 0 Å². The van der Waals surface area contributed by atoms with Crippen molar-refractivity contribution in [2.45, 2.75) is 65.6 Å². The predicted molar refractivity (Wildman–Crippen MR) is 153 cm³/mol. The first-order valence-corrected chi connectivity index (χ1v) is 14.4. The van der Waals surface area contributed by atoms with Crippen LogP contribution in [0.3, 0.4) is 0 Å². The van der Waals surface area contributed by atoms with Crippen LogP contribution in [0.4, 0.5) is 9.59 Å². The third kappa shape index (κ3) is 9.24. The monoisotopic (exact) mass is 580 g/mol. The molecule has 2 unspecified atom stereocenters. The van der Waals surface area contributed by atoms with E-state index in [0.29, 0.717) is 37.9 Å². The molecule has 1 aromatic rings. The van der Waals surface area contributed by atoms with E-state index >= 15 is 0 Å². The molecule has 2 fully saturated rings. The lowest BCUT2D eigenvalue weighted by Crippen LogP contribution is -2.59. The molecule has 40 heavy (non-hydrogen) atoms. The van der Waals surface area contributed by atoms with Crippen LogP contribution in [0.2, 0.25) is 5.02 Å². The van der Waals surface area contributed by atoms with Gasteiger partial charge in [0.25, 0.3) is 0 Å². The minimum Gasteiger partial charge on any atom is -0.433 e. The lowest BCUT2D eigenvalue weighted by atomic mass is 9.70. The number of nitrogens with zero attached hydrogens (tertiary/aromatic N) is 2. The van der Waals surface area contributed by atoms with Crippen molar-refractivity contribution in [3.63, 3.8) is 0 Å². The molecular formula is C29H45ClN4O6. The standard InChI is InChI=1S/C29H45ClN4O6/c1-20(2)24(25(35)34-12-11-23(28(3,4)19-34)21-7-9-22(30)10-8-21)31-26(36)32-29(5,6)40-27(37)39-18-15-33-13-16-38-17-14-33/h7-10,20,23-24H,11-19H2,1-6H3,(H2,31,32,36). The highest BCUT2D eigenvalue weighted by atomic mass is 35.5. The van der Waals surface area contributed by atoms with Crippen LogP contribution in [0.15, 0.2) is 24.3 Å². The Bertz CT molecular complexity index is 1010. The molecule has 0 radical (unpaired) electrons. The van der Waals surface area contributed by atoms with Crippen molar-refractivity contribution in [1.82, 2.24) is 20.4 Å². The molecule has 2 N–H and O–H groups in total. The van der Waals surface area contributed by atoms with Gasteiger partial charge in [0.05, 0.1) is 13.2 Å². The van der Waals surface area contributed by atoms with E-state index in [9.17, 15) is 14.4 Å². The number of nitrogens with one attached hydrogen (secondary N) is 2. The van der Waals surface area contributed by atoms with Gasteiger partial charge >= 0.3 is 12.2 Å². The highest BCUT2D eigenvalue weighted by Gasteiger charge is 2.41. The molecule has 0 saturated carbocycles. The molecule has 224 valence electrons. The molecule has 0 bridgehead atoms. The van der Waals surface area contributed by atoms with Gasteiger partial charge in [-0.2, -0.15) is 0 Å². The Morgan fingerprint density at radius 2 is 1.77 bits per heavy atom. The van der Waals surface area contributed by atoms with Crippen LogP contribution < -0.4 is 10.6 Å². The van der Waals surface area contributed by atoms with Crippen molar-refractivity contribution in [2.75, 3.05) is 52.5 Å². The molecule has 2 heterocycles. The van der Waals surface area contributed by atoms with Crippen molar-refractivity contribution in [1.29, 1.82) is 0 Å². The van der Waals surface area contributed by atoms with Crippen molar-refractivity contribution >= 4 is 29.7 Å². The van der Waals surface area contributed by atoms with E-state index in [0.717, 1.165) is 19.5 Å². The van der Waals surface area contributed by atoms with Gasteiger partial charge in [0.15, 0.2) is 5.72 Å². The van der Waals surface area contributed by atoms with Crippen LogP contribution >= 0.6 is 11.6 Å². The topological polar surface area (TPSA) is 109 Å². The minimum absolute atomic E-state index is 0.131. The molecule has 3 amide bonds. The summed E-state index contributed by atoms with van der Waals surface area (Å²) in [4.78, 5) is 42.7. The van der Waals surface area contributed by atoms with E-state index in [1.54, 1.807) is 13.8 Å². The number of carbonyl (C=O) groups is 3. The quantitative estimate of drug-likeness (QED) is 0.332. The third-order valence-electron chi connectivity index (χ3n) is 7.52. The Morgan fingerprint density at radius 1 is 1.12 bits per heavy atom. The molecule has 11 heteroatoms. The SMILES string of the molecule is CC(C)C(NC(=O)NC(C)(C)OC(=O)OCCN1CCOCC1)C(=O)N1CCC(c2ccc(Cl)cc2)C(C)(C)C1. The number of hydrogen-bond acceptors (Lipinski definition) is 7. The molecule has 0 aliphatic carbocycles. The van der Waals surface area contributed by atoms with Crippen LogP contribution in [0, 0.1) is 11.3 Å². The smallest absolute Gasteiger partial charge is 0.433 e. The summed E-state index contributed by atoms with van der Waals surface area (Å²) in [6.45, 7) is 16.0. The molecule has 10 nitrogen and oxygen atoms in total. The molecular weight excluding hydrogens is 536 g/mol. The summed E-state index contributed by atoms with van der Waals surface area (Å²) in [5.41, 5.74) is -0.297. The maximum Gasteiger partial charge on any atom is 0.510 e. The molecule has 2 aliphatic heterocycles. The lowest BCUT2D eigenvalue weighted by molar-refractivity contribution is -0.138. The number of urea groups is 1. The van der Waals surface area contributed by atoms with Gasteiger partial charge < -0.3 is 29.7 Å². The van der Waals surface area contributed by atoms with E-state index in [4.69, 9.17) is 25.8 Å². The fraction of sp³-hybridized carbons (Fsp3) is 0.690. The number of hydrogen-bond donors (Lipinski definition) is 2. The second-order valence-electron chi connectivity index (χ2n) is 12.1. The van der Waals surface area contributed by atoms with Crippen LogP contribution in [0.25, 0.3) is 0 Å². The van der Waals surface area contributed by atoms with Gasteiger partial charge in [-0.3, -0.25) is 9.69 Å². The summed E-state index contributed by atoms with van der Waals surface area (Å²) in [6.07, 6.45) is -0.0628. The van der Waals surface area contributed by atoms with Gasteiger partial charge in [-0.1, -0.05) is 51.4 Å². The van der Waals surface area contributed by atoms with Gasteiger partial charge in [0, 0.05) is 37.7 Å². The van der Waals surface area contributed by atoms with E-state index in [2.05, 4.69) is 41.5 Å². The van der Waals surface area contributed by atoms with Crippen molar-refractivity contribution < 1.29 is 28.6 Å². The van der Waals surface area contributed by atoms with Crippen molar-refractivity contribution in [3.05, 3.63) is 34.9 Å².